The second-order valence-electron chi connectivity index (χ2n) is 6.58. The van der Waals surface area contributed by atoms with E-state index < -0.39 is 0 Å². The largest absolute Gasteiger partial charge is 0.377 e. The molecule has 1 fully saturated rings. The molecule has 1 amide bonds. The van der Waals surface area contributed by atoms with Crippen molar-refractivity contribution in [2.45, 2.75) is 39.7 Å². The van der Waals surface area contributed by atoms with E-state index in [1.807, 2.05) is 31.9 Å². The van der Waals surface area contributed by atoms with E-state index >= 15 is 0 Å². The second-order valence-corrected chi connectivity index (χ2v) is 6.58. The first-order valence-corrected chi connectivity index (χ1v) is 8.13. The molecule has 0 N–H and O–H groups in total. The van der Waals surface area contributed by atoms with Gasteiger partial charge in [0.05, 0.1) is 35.9 Å². The van der Waals surface area contributed by atoms with Crippen LogP contribution in [0.2, 0.25) is 0 Å². The standard InChI is InChI=1S/C17H24N4O2/c1-10(2)14-8-13(15-12(4)19-20(5)16(15)18-14)17(22)21-6-7-23-9-11(21)3/h8,10-11H,6-7,9H2,1-5H3/t11-/m1/s1. The van der Waals surface area contributed by atoms with Gasteiger partial charge in [0.2, 0.25) is 0 Å². The van der Waals surface area contributed by atoms with Crippen molar-refractivity contribution in [3.8, 4) is 0 Å². The molecule has 0 spiro atoms. The minimum atomic E-state index is 0.0474. The number of amides is 1. The van der Waals surface area contributed by atoms with Crippen molar-refractivity contribution in [3.63, 3.8) is 0 Å². The third-order valence-corrected chi connectivity index (χ3v) is 4.44. The summed E-state index contributed by atoms with van der Waals surface area (Å²) in [5.41, 5.74) is 3.25. The van der Waals surface area contributed by atoms with Gasteiger partial charge in [0, 0.05) is 19.3 Å². The Balaban J connectivity index is 2.16. The summed E-state index contributed by atoms with van der Waals surface area (Å²) in [5.74, 6) is 0.300. The van der Waals surface area contributed by atoms with Crippen LogP contribution in [0.5, 0.6) is 0 Å². The van der Waals surface area contributed by atoms with Crippen LogP contribution < -0.4 is 0 Å². The molecule has 0 bridgehead atoms. The van der Waals surface area contributed by atoms with Gasteiger partial charge in [0.25, 0.3) is 5.91 Å². The van der Waals surface area contributed by atoms with Crippen LogP contribution in [0.1, 0.15) is 48.4 Å². The van der Waals surface area contributed by atoms with Gasteiger partial charge >= 0.3 is 0 Å². The van der Waals surface area contributed by atoms with Crippen LogP contribution in [0.25, 0.3) is 11.0 Å². The van der Waals surface area contributed by atoms with Crippen molar-refractivity contribution in [1.82, 2.24) is 19.7 Å². The molecule has 0 unspecified atom stereocenters. The molecular formula is C17H24N4O2. The summed E-state index contributed by atoms with van der Waals surface area (Å²) in [4.78, 5) is 19.8. The van der Waals surface area contributed by atoms with Crippen LogP contribution in [0, 0.1) is 6.92 Å². The van der Waals surface area contributed by atoms with Crippen molar-refractivity contribution in [1.29, 1.82) is 0 Å². The monoisotopic (exact) mass is 316 g/mol. The van der Waals surface area contributed by atoms with E-state index in [0.29, 0.717) is 25.3 Å². The number of rotatable bonds is 2. The summed E-state index contributed by atoms with van der Waals surface area (Å²) in [6.45, 7) is 9.93. The zero-order chi connectivity index (χ0) is 16.7. The number of ether oxygens (including phenoxy) is 1. The second kappa shape index (κ2) is 5.92. The maximum absolute atomic E-state index is 13.2. The smallest absolute Gasteiger partial charge is 0.255 e. The molecule has 2 aromatic heterocycles. The van der Waals surface area contributed by atoms with E-state index in [4.69, 9.17) is 9.72 Å². The number of aryl methyl sites for hydroxylation is 2. The molecule has 0 radical (unpaired) electrons. The predicted octanol–water partition coefficient (Wildman–Crippen LogP) is 2.26. The van der Waals surface area contributed by atoms with Gasteiger partial charge < -0.3 is 9.64 Å². The van der Waals surface area contributed by atoms with Crippen molar-refractivity contribution >= 4 is 16.9 Å². The summed E-state index contributed by atoms with van der Waals surface area (Å²) < 4.78 is 7.21. The van der Waals surface area contributed by atoms with Crippen LogP contribution in [0.15, 0.2) is 6.07 Å². The van der Waals surface area contributed by atoms with E-state index in [1.54, 1.807) is 4.68 Å². The average molecular weight is 316 g/mol. The minimum Gasteiger partial charge on any atom is -0.377 e. The quantitative estimate of drug-likeness (QED) is 0.852. The zero-order valence-corrected chi connectivity index (χ0v) is 14.5. The summed E-state index contributed by atoms with van der Waals surface area (Å²) in [6.07, 6.45) is 0. The van der Waals surface area contributed by atoms with Crippen molar-refractivity contribution in [3.05, 3.63) is 23.0 Å². The molecule has 0 aliphatic carbocycles. The minimum absolute atomic E-state index is 0.0474. The molecule has 0 saturated carbocycles. The molecule has 6 heteroatoms. The number of pyridine rings is 1. The number of carbonyl (C=O) groups excluding carboxylic acids is 1. The highest BCUT2D eigenvalue weighted by Crippen LogP contribution is 2.26. The molecule has 3 rings (SSSR count). The third kappa shape index (κ3) is 2.72. The fourth-order valence-electron chi connectivity index (χ4n) is 3.11. The van der Waals surface area contributed by atoms with E-state index in [0.717, 1.165) is 22.4 Å². The maximum atomic E-state index is 13.2. The highest BCUT2D eigenvalue weighted by molar-refractivity contribution is 6.06. The molecule has 1 atom stereocenters. The lowest BCUT2D eigenvalue weighted by Gasteiger charge is -2.33. The Morgan fingerprint density at radius 3 is 2.83 bits per heavy atom. The SMILES string of the molecule is Cc1nn(C)c2nc(C(C)C)cc(C(=O)N3CCOC[C@H]3C)c12. The molecule has 1 saturated heterocycles. The Morgan fingerprint density at radius 1 is 1.43 bits per heavy atom. The number of morpholine rings is 1. The van der Waals surface area contributed by atoms with Crippen LogP contribution in [0.3, 0.4) is 0 Å². The first kappa shape index (κ1) is 15.9. The third-order valence-electron chi connectivity index (χ3n) is 4.44. The first-order valence-electron chi connectivity index (χ1n) is 8.13. The average Bonchev–Trinajstić information content (AvgIpc) is 2.81. The number of hydrogen-bond acceptors (Lipinski definition) is 4. The van der Waals surface area contributed by atoms with Gasteiger partial charge in [-0.3, -0.25) is 9.48 Å². The van der Waals surface area contributed by atoms with E-state index in [9.17, 15) is 4.79 Å². The van der Waals surface area contributed by atoms with Gasteiger partial charge in [-0.2, -0.15) is 5.10 Å². The summed E-state index contributed by atoms with van der Waals surface area (Å²) >= 11 is 0. The lowest BCUT2D eigenvalue weighted by atomic mass is 10.0. The molecule has 0 aromatic carbocycles. The highest BCUT2D eigenvalue weighted by atomic mass is 16.5. The van der Waals surface area contributed by atoms with E-state index in [2.05, 4.69) is 18.9 Å². The van der Waals surface area contributed by atoms with Crippen LogP contribution in [-0.2, 0) is 11.8 Å². The fraction of sp³-hybridized carbons (Fsp3) is 0.588. The molecule has 124 valence electrons. The fourth-order valence-corrected chi connectivity index (χ4v) is 3.11. The van der Waals surface area contributed by atoms with Gasteiger partial charge in [-0.15, -0.1) is 0 Å². The van der Waals surface area contributed by atoms with Gasteiger partial charge in [-0.1, -0.05) is 13.8 Å². The highest BCUT2D eigenvalue weighted by Gasteiger charge is 2.28. The molecule has 3 heterocycles. The van der Waals surface area contributed by atoms with Crippen molar-refractivity contribution < 1.29 is 9.53 Å². The summed E-state index contributed by atoms with van der Waals surface area (Å²) in [7, 11) is 1.87. The van der Waals surface area contributed by atoms with Gasteiger partial charge in [-0.25, -0.2) is 4.98 Å². The van der Waals surface area contributed by atoms with Gasteiger partial charge in [-0.05, 0) is 25.8 Å². The first-order chi connectivity index (χ1) is 10.9. The van der Waals surface area contributed by atoms with Crippen molar-refractivity contribution in [2.75, 3.05) is 19.8 Å². The molecule has 1 aliphatic heterocycles. The lowest BCUT2D eigenvalue weighted by molar-refractivity contribution is 0.00369. The van der Waals surface area contributed by atoms with E-state index in [-0.39, 0.29) is 17.9 Å². The Morgan fingerprint density at radius 2 is 2.17 bits per heavy atom. The number of aromatic nitrogens is 3. The lowest BCUT2D eigenvalue weighted by Crippen LogP contribution is -2.47. The molecule has 2 aromatic rings. The Labute approximate surface area is 136 Å². The maximum Gasteiger partial charge on any atom is 0.255 e. The van der Waals surface area contributed by atoms with E-state index in [1.165, 1.54) is 0 Å². The van der Waals surface area contributed by atoms with Crippen molar-refractivity contribution in [2.24, 2.45) is 7.05 Å². The predicted molar refractivity (Wildman–Crippen MR) is 88.7 cm³/mol. The molecular weight excluding hydrogens is 292 g/mol. The Hall–Kier alpha value is -1.95. The van der Waals surface area contributed by atoms with Crippen LogP contribution in [0.4, 0.5) is 0 Å². The number of hydrogen-bond donors (Lipinski definition) is 0. The molecule has 6 nitrogen and oxygen atoms in total. The Bertz CT molecular complexity index is 751. The van der Waals surface area contributed by atoms with Gasteiger partial charge in [0.15, 0.2) is 5.65 Å². The summed E-state index contributed by atoms with van der Waals surface area (Å²) in [5, 5.41) is 5.32. The van der Waals surface area contributed by atoms with Crippen LogP contribution >= 0.6 is 0 Å². The normalized spacial score (nSPS) is 18.9. The topological polar surface area (TPSA) is 60.2 Å². The zero-order valence-electron chi connectivity index (χ0n) is 14.5. The summed E-state index contributed by atoms with van der Waals surface area (Å²) in [6, 6.07) is 2.02. The van der Waals surface area contributed by atoms with Crippen LogP contribution in [-0.4, -0.2) is 51.4 Å². The Kier molecular flexibility index (Phi) is 4.10. The molecule has 23 heavy (non-hydrogen) atoms. The van der Waals surface area contributed by atoms with Gasteiger partial charge in [0.1, 0.15) is 0 Å². The number of carbonyl (C=O) groups is 1. The number of fused-ring (bicyclic) bond motifs is 1. The number of nitrogens with zero attached hydrogens (tertiary/aromatic N) is 4. The molecule has 1 aliphatic rings.